The van der Waals surface area contributed by atoms with Crippen LogP contribution in [0.3, 0.4) is 0 Å². The molecule has 6 heteroatoms. The van der Waals surface area contributed by atoms with Crippen molar-refractivity contribution >= 4 is 29.9 Å². The Morgan fingerprint density at radius 3 is 2.54 bits per heavy atom. The van der Waals surface area contributed by atoms with Crippen LogP contribution < -0.4 is 5.32 Å². The molecule has 0 atom stereocenters. The van der Waals surface area contributed by atoms with E-state index >= 15 is 0 Å². The van der Waals surface area contributed by atoms with Gasteiger partial charge in [-0.15, -0.1) is 24.0 Å². The highest BCUT2D eigenvalue weighted by atomic mass is 127. The average molecular weight is 477 g/mol. The van der Waals surface area contributed by atoms with Gasteiger partial charge in [0.05, 0.1) is 0 Å². The lowest BCUT2D eigenvalue weighted by atomic mass is 9.73. The van der Waals surface area contributed by atoms with Gasteiger partial charge in [-0.2, -0.15) is 0 Å². The second kappa shape index (κ2) is 11.1. The molecule has 1 N–H and O–H groups in total. The first-order valence-electron chi connectivity index (χ1n) is 10.6. The second-order valence-corrected chi connectivity index (χ2v) is 8.56. The number of hydrogen-bond donors (Lipinski definition) is 1. The predicted octanol–water partition coefficient (Wildman–Crippen LogP) is 2.86. The fourth-order valence-corrected chi connectivity index (χ4v) is 4.98. The van der Waals surface area contributed by atoms with Crippen molar-refractivity contribution in [2.45, 2.75) is 51.4 Å². The number of guanidine groups is 1. The van der Waals surface area contributed by atoms with Crippen LogP contribution in [0.15, 0.2) is 4.99 Å². The van der Waals surface area contributed by atoms with E-state index in [1.54, 1.807) is 0 Å². The number of rotatable bonds is 4. The normalized spacial score (nSPS) is 25.2. The van der Waals surface area contributed by atoms with Crippen LogP contribution >= 0.6 is 24.0 Å². The van der Waals surface area contributed by atoms with Crippen LogP contribution in [0, 0.1) is 5.41 Å². The third-order valence-electron chi connectivity index (χ3n) is 6.61. The van der Waals surface area contributed by atoms with E-state index in [2.05, 4.69) is 32.1 Å². The summed E-state index contributed by atoms with van der Waals surface area (Å²) in [5.74, 6) is 1.14. The van der Waals surface area contributed by atoms with Gasteiger partial charge in [-0.25, -0.2) is 0 Å². The molecule has 5 nitrogen and oxygen atoms in total. The standard InChI is InChI=1S/C20H39N5.HI/c1-21-19(25-15-10-20(18-25)8-4-3-5-9-20)22-11-6-13-24-14-7-12-23(2)16-17-24;/h3-18H2,1-2H3,(H,21,22);1H. The lowest BCUT2D eigenvalue weighted by molar-refractivity contribution is 0.203. The fourth-order valence-electron chi connectivity index (χ4n) is 4.98. The van der Waals surface area contributed by atoms with Gasteiger partial charge in [-0.05, 0) is 64.2 Å². The first-order valence-corrected chi connectivity index (χ1v) is 10.6. The Kier molecular flexibility index (Phi) is 9.44. The number of aliphatic imine (C=N–C) groups is 1. The fraction of sp³-hybridized carbons (Fsp3) is 0.950. The summed E-state index contributed by atoms with van der Waals surface area (Å²) >= 11 is 0. The molecule has 3 aliphatic rings. The molecule has 2 aliphatic heterocycles. The van der Waals surface area contributed by atoms with Gasteiger partial charge in [-0.3, -0.25) is 4.99 Å². The summed E-state index contributed by atoms with van der Waals surface area (Å²) in [6.45, 7) is 9.62. The number of likely N-dealkylation sites (N-methyl/N-ethyl adjacent to an activating group) is 1. The molecule has 2 heterocycles. The van der Waals surface area contributed by atoms with Gasteiger partial charge in [0.15, 0.2) is 5.96 Å². The minimum Gasteiger partial charge on any atom is -0.356 e. The molecule has 2 saturated heterocycles. The summed E-state index contributed by atoms with van der Waals surface area (Å²) in [6, 6.07) is 0. The summed E-state index contributed by atoms with van der Waals surface area (Å²) in [7, 11) is 4.18. The topological polar surface area (TPSA) is 34.1 Å². The van der Waals surface area contributed by atoms with Crippen molar-refractivity contribution in [3.63, 3.8) is 0 Å². The lowest BCUT2D eigenvalue weighted by Gasteiger charge is -2.33. The van der Waals surface area contributed by atoms with Crippen molar-refractivity contribution < 1.29 is 0 Å². The highest BCUT2D eigenvalue weighted by molar-refractivity contribution is 14.0. The maximum absolute atomic E-state index is 4.57. The Balaban J connectivity index is 0.00000243. The van der Waals surface area contributed by atoms with Crippen molar-refractivity contribution in [3.8, 4) is 0 Å². The van der Waals surface area contributed by atoms with E-state index in [0.29, 0.717) is 5.41 Å². The summed E-state index contributed by atoms with van der Waals surface area (Å²) in [5, 5.41) is 3.64. The maximum atomic E-state index is 4.57. The van der Waals surface area contributed by atoms with E-state index in [1.165, 1.54) is 97.2 Å². The number of halogens is 1. The van der Waals surface area contributed by atoms with E-state index in [9.17, 15) is 0 Å². The molecule has 152 valence electrons. The third-order valence-corrected chi connectivity index (χ3v) is 6.61. The van der Waals surface area contributed by atoms with Gasteiger partial charge in [0.2, 0.25) is 0 Å². The first kappa shape index (κ1) is 22.2. The highest BCUT2D eigenvalue weighted by Gasteiger charge is 2.39. The largest absolute Gasteiger partial charge is 0.356 e. The van der Waals surface area contributed by atoms with E-state index in [1.807, 2.05) is 7.05 Å². The molecule has 0 radical (unpaired) electrons. The zero-order chi connectivity index (χ0) is 17.5. The SMILES string of the molecule is CN=C(NCCCN1CCCN(C)CC1)N1CCC2(CCCCC2)C1.I. The quantitative estimate of drug-likeness (QED) is 0.292. The molecule has 0 aromatic heterocycles. The molecule has 0 aromatic rings. The van der Waals surface area contributed by atoms with Crippen LogP contribution in [0.5, 0.6) is 0 Å². The van der Waals surface area contributed by atoms with Gasteiger partial charge >= 0.3 is 0 Å². The van der Waals surface area contributed by atoms with Crippen molar-refractivity contribution in [1.29, 1.82) is 0 Å². The monoisotopic (exact) mass is 477 g/mol. The zero-order valence-electron chi connectivity index (χ0n) is 17.0. The smallest absolute Gasteiger partial charge is 0.193 e. The molecule has 1 saturated carbocycles. The summed E-state index contributed by atoms with van der Waals surface area (Å²) < 4.78 is 0. The summed E-state index contributed by atoms with van der Waals surface area (Å²) in [4.78, 5) is 12.2. The molecule has 0 bridgehead atoms. The van der Waals surface area contributed by atoms with Crippen LogP contribution in [-0.4, -0.2) is 87.1 Å². The van der Waals surface area contributed by atoms with Crippen LogP contribution in [0.2, 0.25) is 0 Å². The van der Waals surface area contributed by atoms with Crippen LogP contribution in [0.1, 0.15) is 51.4 Å². The molecule has 0 aromatic carbocycles. The lowest BCUT2D eigenvalue weighted by Crippen LogP contribution is -2.42. The Morgan fingerprint density at radius 1 is 0.962 bits per heavy atom. The van der Waals surface area contributed by atoms with Gasteiger partial charge in [-0.1, -0.05) is 19.3 Å². The Bertz CT molecular complexity index is 436. The van der Waals surface area contributed by atoms with Gasteiger partial charge in [0.25, 0.3) is 0 Å². The Hall–Kier alpha value is -0.0800. The third kappa shape index (κ3) is 6.23. The number of likely N-dealkylation sites (tertiary alicyclic amines) is 1. The molecule has 26 heavy (non-hydrogen) atoms. The molecule has 3 rings (SSSR count). The van der Waals surface area contributed by atoms with Crippen molar-refractivity contribution in [1.82, 2.24) is 20.0 Å². The summed E-state index contributed by atoms with van der Waals surface area (Å²) in [6.07, 6.45) is 11.1. The van der Waals surface area contributed by atoms with Crippen LogP contribution in [0.25, 0.3) is 0 Å². The Morgan fingerprint density at radius 2 is 1.77 bits per heavy atom. The Labute approximate surface area is 178 Å². The molecule has 0 amide bonds. The van der Waals surface area contributed by atoms with Gasteiger partial charge in [0.1, 0.15) is 0 Å². The predicted molar refractivity (Wildman–Crippen MR) is 122 cm³/mol. The van der Waals surface area contributed by atoms with Crippen LogP contribution in [0.4, 0.5) is 0 Å². The molecule has 1 aliphatic carbocycles. The van der Waals surface area contributed by atoms with Crippen molar-refractivity contribution in [3.05, 3.63) is 0 Å². The zero-order valence-corrected chi connectivity index (χ0v) is 19.3. The minimum absolute atomic E-state index is 0. The van der Waals surface area contributed by atoms with Gasteiger partial charge < -0.3 is 20.0 Å². The van der Waals surface area contributed by atoms with E-state index < -0.39 is 0 Å². The minimum atomic E-state index is 0. The molecule has 1 spiro atoms. The number of nitrogens with one attached hydrogen (secondary N) is 1. The highest BCUT2D eigenvalue weighted by Crippen LogP contribution is 2.43. The van der Waals surface area contributed by atoms with Gasteiger partial charge in [0, 0.05) is 39.8 Å². The molecular formula is C20H40IN5. The van der Waals surface area contributed by atoms with E-state index in [-0.39, 0.29) is 24.0 Å². The van der Waals surface area contributed by atoms with Crippen LogP contribution in [-0.2, 0) is 0 Å². The molecule has 0 unspecified atom stereocenters. The number of nitrogens with zero attached hydrogens (tertiary/aromatic N) is 4. The maximum Gasteiger partial charge on any atom is 0.193 e. The van der Waals surface area contributed by atoms with E-state index in [4.69, 9.17) is 0 Å². The molecular weight excluding hydrogens is 437 g/mol. The van der Waals surface area contributed by atoms with Crippen molar-refractivity contribution in [2.75, 3.05) is 66.5 Å². The number of hydrogen-bond acceptors (Lipinski definition) is 3. The van der Waals surface area contributed by atoms with Crippen molar-refractivity contribution in [2.24, 2.45) is 10.4 Å². The summed E-state index contributed by atoms with van der Waals surface area (Å²) in [5.41, 5.74) is 0.605. The van der Waals surface area contributed by atoms with E-state index in [0.717, 1.165) is 12.5 Å². The molecule has 3 fully saturated rings. The first-order chi connectivity index (χ1) is 12.2. The average Bonchev–Trinajstić information content (AvgIpc) is 2.90. The second-order valence-electron chi connectivity index (χ2n) is 8.56.